The summed E-state index contributed by atoms with van der Waals surface area (Å²) in [6.07, 6.45) is 0.680. The molecule has 1 atom stereocenters. The molecule has 25 heavy (non-hydrogen) atoms. The minimum Gasteiger partial charge on any atom is -0.573 e. The maximum Gasteiger partial charge on any atom is 0.302 e. The predicted molar refractivity (Wildman–Crippen MR) is 97.5 cm³/mol. The Bertz CT molecular complexity index is 829. The largest absolute Gasteiger partial charge is 0.573 e. The van der Waals surface area contributed by atoms with Gasteiger partial charge in [-0.3, -0.25) is 4.79 Å². The summed E-state index contributed by atoms with van der Waals surface area (Å²) in [7, 11) is -3.75. The standard InChI is InChI=1S/C19H22NO4S/c1-14-5-4-6-18(13-14)20-25(22,23)19-9-7-17(8-10-19)15(2)11-12-24-16(3)21/h4-10,13,15H,11-12H2,1-3H3/q-1. The van der Waals surface area contributed by atoms with E-state index in [9.17, 15) is 13.2 Å². The van der Waals surface area contributed by atoms with Gasteiger partial charge in [-0.15, -0.1) is 5.69 Å². The summed E-state index contributed by atoms with van der Waals surface area (Å²) in [6, 6.07) is 13.7. The summed E-state index contributed by atoms with van der Waals surface area (Å²) in [5, 5.41) is 0. The van der Waals surface area contributed by atoms with Crippen LogP contribution < -0.4 is 0 Å². The van der Waals surface area contributed by atoms with E-state index >= 15 is 0 Å². The first-order valence-electron chi connectivity index (χ1n) is 8.06. The molecule has 134 valence electrons. The van der Waals surface area contributed by atoms with Crippen LogP contribution in [0.4, 0.5) is 5.69 Å². The van der Waals surface area contributed by atoms with Gasteiger partial charge in [0.05, 0.1) is 11.5 Å². The van der Waals surface area contributed by atoms with E-state index in [1.165, 1.54) is 6.92 Å². The van der Waals surface area contributed by atoms with Crippen molar-refractivity contribution >= 4 is 21.7 Å². The van der Waals surface area contributed by atoms with Crippen molar-refractivity contribution < 1.29 is 17.9 Å². The first-order chi connectivity index (χ1) is 11.8. The SMILES string of the molecule is CC(=O)OCCC(C)c1ccc(S(=O)(=O)[N-]c2cccc(C)c2)cc1. The number of rotatable bonds is 7. The van der Waals surface area contributed by atoms with Crippen LogP contribution in [0.3, 0.4) is 0 Å². The van der Waals surface area contributed by atoms with E-state index in [0.29, 0.717) is 18.7 Å². The molecule has 0 aliphatic heterocycles. The normalized spacial score (nSPS) is 12.4. The lowest BCUT2D eigenvalue weighted by Gasteiger charge is -2.22. The van der Waals surface area contributed by atoms with Crippen LogP contribution >= 0.6 is 0 Å². The quantitative estimate of drug-likeness (QED) is 0.684. The lowest BCUT2D eigenvalue weighted by Crippen LogP contribution is -2.05. The third kappa shape index (κ3) is 5.60. The third-order valence-electron chi connectivity index (χ3n) is 3.83. The molecular formula is C19H22NO4S-. The van der Waals surface area contributed by atoms with Gasteiger partial charge in [-0.25, -0.2) is 8.42 Å². The van der Waals surface area contributed by atoms with Crippen molar-refractivity contribution in [3.63, 3.8) is 0 Å². The number of hydrogen-bond donors (Lipinski definition) is 0. The minimum absolute atomic E-state index is 0.157. The highest BCUT2D eigenvalue weighted by atomic mass is 32.2. The van der Waals surface area contributed by atoms with E-state index in [-0.39, 0.29) is 16.8 Å². The van der Waals surface area contributed by atoms with Crippen molar-refractivity contribution in [1.82, 2.24) is 0 Å². The van der Waals surface area contributed by atoms with Crippen molar-refractivity contribution in [2.24, 2.45) is 0 Å². The fraction of sp³-hybridized carbons (Fsp3) is 0.316. The monoisotopic (exact) mass is 360 g/mol. The minimum atomic E-state index is -3.75. The number of ether oxygens (including phenoxy) is 1. The zero-order valence-electron chi connectivity index (χ0n) is 14.6. The topological polar surface area (TPSA) is 74.5 Å². The molecule has 1 unspecified atom stereocenters. The number of esters is 1. The van der Waals surface area contributed by atoms with Gasteiger partial charge in [0.1, 0.15) is 10.0 Å². The average molecular weight is 360 g/mol. The Kier molecular flexibility index (Phi) is 6.20. The van der Waals surface area contributed by atoms with E-state index in [0.717, 1.165) is 11.1 Å². The van der Waals surface area contributed by atoms with Crippen molar-refractivity contribution in [3.8, 4) is 0 Å². The predicted octanol–water partition coefficient (Wildman–Crippen LogP) is 4.45. The van der Waals surface area contributed by atoms with Crippen LogP contribution in [0.5, 0.6) is 0 Å². The molecule has 0 spiro atoms. The Morgan fingerprint density at radius 2 is 1.84 bits per heavy atom. The van der Waals surface area contributed by atoms with Crippen LogP contribution in [0.25, 0.3) is 4.72 Å². The summed E-state index contributed by atoms with van der Waals surface area (Å²) in [5.41, 5.74) is 2.36. The maximum absolute atomic E-state index is 12.4. The number of sulfonamides is 1. The molecule has 0 saturated heterocycles. The van der Waals surface area contributed by atoms with Crippen LogP contribution in [-0.4, -0.2) is 21.0 Å². The molecule has 0 aliphatic carbocycles. The molecule has 0 aliphatic rings. The number of carbonyl (C=O) groups is 1. The zero-order valence-corrected chi connectivity index (χ0v) is 15.4. The molecule has 0 radical (unpaired) electrons. The van der Waals surface area contributed by atoms with Crippen LogP contribution in [0.15, 0.2) is 53.4 Å². The molecule has 2 aromatic rings. The fourth-order valence-electron chi connectivity index (χ4n) is 2.39. The Morgan fingerprint density at radius 3 is 2.44 bits per heavy atom. The van der Waals surface area contributed by atoms with Gasteiger partial charge in [-0.2, -0.15) is 0 Å². The Labute approximate surface area is 149 Å². The Hall–Kier alpha value is -2.34. The number of hydrogen-bond acceptors (Lipinski definition) is 4. The molecule has 0 saturated carbocycles. The van der Waals surface area contributed by atoms with E-state index in [1.54, 1.807) is 42.5 Å². The van der Waals surface area contributed by atoms with Crippen LogP contribution in [-0.2, 0) is 19.6 Å². The first kappa shape index (κ1) is 19.0. The lowest BCUT2D eigenvalue weighted by atomic mass is 9.98. The van der Waals surface area contributed by atoms with Gasteiger partial charge in [0.2, 0.25) is 0 Å². The molecule has 2 aromatic carbocycles. The average Bonchev–Trinajstić information content (AvgIpc) is 2.54. The molecule has 6 heteroatoms. The van der Waals surface area contributed by atoms with Gasteiger partial charge in [0, 0.05) is 6.92 Å². The summed E-state index contributed by atoms with van der Waals surface area (Å²) in [6.45, 7) is 5.61. The first-order valence-corrected chi connectivity index (χ1v) is 9.50. The molecule has 5 nitrogen and oxygen atoms in total. The summed E-state index contributed by atoms with van der Waals surface area (Å²) in [5.74, 6) is -0.142. The molecular weight excluding hydrogens is 338 g/mol. The van der Waals surface area contributed by atoms with Gasteiger partial charge in [0.15, 0.2) is 0 Å². The smallest absolute Gasteiger partial charge is 0.302 e. The molecule has 0 fully saturated rings. The molecule has 0 aromatic heterocycles. The molecule has 0 N–H and O–H groups in total. The highest BCUT2D eigenvalue weighted by Gasteiger charge is 2.09. The summed E-state index contributed by atoms with van der Waals surface area (Å²) >= 11 is 0. The number of nitrogens with zero attached hydrogens (tertiary/aromatic N) is 1. The van der Waals surface area contributed by atoms with Crippen molar-refractivity contribution in [2.75, 3.05) is 6.61 Å². The second kappa shape index (κ2) is 8.16. The maximum atomic E-state index is 12.4. The van der Waals surface area contributed by atoms with E-state index in [2.05, 4.69) is 4.72 Å². The van der Waals surface area contributed by atoms with Gasteiger partial charge in [0.25, 0.3) is 0 Å². The van der Waals surface area contributed by atoms with E-state index < -0.39 is 10.0 Å². The van der Waals surface area contributed by atoms with Crippen LogP contribution in [0.1, 0.15) is 37.3 Å². The van der Waals surface area contributed by atoms with Crippen molar-refractivity contribution in [3.05, 3.63) is 64.4 Å². The Balaban J connectivity index is 2.06. The Morgan fingerprint density at radius 1 is 1.16 bits per heavy atom. The highest BCUT2D eigenvalue weighted by Crippen LogP contribution is 2.29. The third-order valence-corrected chi connectivity index (χ3v) is 5.15. The van der Waals surface area contributed by atoms with Crippen LogP contribution in [0.2, 0.25) is 0 Å². The molecule has 0 bridgehead atoms. The molecule has 0 amide bonds. The lowest BCUT2D eigenvalue weighted by molar-refractivity contribution is -0.141. The van der Waals surface area contributed by atoms with Crippen LogP contribution in [0, 0.1) is 6.92 Å². The molecule has 2 rings (SSSR count). The zero-order chi connectivity index (χ0) is 18.4. The second-order valence-electron chi connectivity index (χ2n) is 6.00. The number of benzene rings is 2. The number of aryl methyl sites for hydroxylation is 1. The second-order valence-corrected chi connectivity index (χ2v) is 7.61. The fourth-order valence-corrected chi connectivity index (χ4v) is 3.37. The van der Waals surface area contributed by atoms with Crippen molar-refractivity contribution in [1.29, 1.82) is 0 Å². The summed E-state index contributed by atoms with van der Waals surface area (Å²) < 4.78 is 33.7. The highest BCUT2D eigenvalue weighted by molar-refractivity contribution is 7.94. The molecule has 0 heterocycles. The van der Waals surface area contributed by atoms with Gasteiger partial charge in [-0.05, 0) is 37.0 Å². The van der Waals surface area contributed by atoms with Gasteiger partial charge in [-0.1, -0.05) is 48.9 Å². The van der Waals surface area contributed by atoms with E-state index in [4.69, 9.17) is 4.74 Å². The van der Waals surface area contributed by atoms with Gasteiger partial charge >= 0.3 is 5.97 Å². The van der Waals surface area contributed by atoms with E-state index in [1.807, 2.05) is 19.9 Å². The summed E-state index contributed by atoms with van der Waals surface area (Å²) in [4.78, 5) is 10.9. The van der Waals surface area contributed by atoms with Gasteiger partial charge < -0.3 is 9.46 Å². The number of carbonyl (C=O) groups excluding carboxylic acids is 1. The van der Waals surface area contributed by atoms with Crippen molar-refractivity contribution in [2.45, 2.75) is 38.0 Å².